The molecule has 1 amide bonds. The van der Waals surface area contributed by atoms with Gasteiger partial charge in [0.2, 0.25) is 5.91 Å². The van der Waals surface area contributed by atoms with Gasteiger partial charge in [0.05, 0.1) is 18.6 Å². The summed E-state index contributed by atoms with van der Waals surface area (Å²) in [6.45, 7) is 0. The van der Waals surface area contributed by atoms with Crippen molar-refractivity contribution in [3.05, 3.63) is 59.9 Å². The Morgan fingerprint density at radius 1 is 1.04 bits per heavy atom. The van der Waals surface area contributed by atoms with E-state index in [-0.39, 0.29) is 29.0 Å². The van der Waals surface area contributed by atoms with Crippen LogP contribution in [-0.4, -0.2) is 30.3 Å². The lowest BCUT2D eigenvalue weighted by atomic mass is 10.1. The Hall–Kier alpha value is -2.34. The molecule has 0 bridgehead atoms. The van der Waals surface area contributed by atoms with Crippen molar-refractivity contribution in [2.45, 2.75) is 0 Å². The summed E-state index contributed by atoms with van der Waals surface area (Å²) in [4.78, 5) is 23.7. The highest BCUT2D eigenvalue weighted by Crippen LogP contribution is 2.15. The highest BCUT2D eigenvalue weighted by atomic mass is 32.2. The van der Waals surface area contributed by atoms with Crippen molar-refractivity contribution < 1.29 is 18.7 Å². The molecule has 120 valence electrons. The quantitative estimate of drug-likeness (QED) is 0.789. The molecule has 0 fully saturated rings. The van der Waals surface area contributed by atoms with Crippen LogP contribution in [0, 0.1) is 5.82 Å². The topological polar surface area (TPSA) is 55.4 Å². The van der Waals surface area contributed by atoms with Gasteiger partial charge in [-0.2, -0.15) is 0 Å². The average molecular weight is 333 g/mol. The number of nitrogens with one attached hydrogen (secondary N) is 1. The number of rotatable bonds is 7. The van der Waals surface area contributed by atoms with Crippen molar-refractivity contribution >= 4 is 29.1 Å². The van der Waals surface area contributed by atoms with Crippen LogP contribution in [0.5, 0.6) is 5.75 Å². The molecule has 23 heavy (non-hydrogen) atoms. The third kappa shape index (κ3) is 5.41. The number of carbonyl (C=O) groups is 2. The molecule has 0 unspecified atom stereocenters. The van der Waals surface area contributed by atoms with Gasteiger partial charge in [0.15, 0.2) is 5.78 Å². The number of ether oxygens (including phenoxy) is 1. The van der Waals surface area contributed by atoms with E-state index in [0.717, 1.165) is 0 Å². The zero-order valence-electron chi connectivity index (χ0n) is 12.5. The Morgan fingerprint density at radius 3 is 2.30 bits per heavy atom. The van der Waals surface area contributed by atoms with E-state index in [0.29, 0.717) is 17.0 Å². The van der Waals surface area contributed by atoms with Crippen LogP contribution in [-0.2, 0) is 4.79 Å². The van der Waals surface area contributed by atoms with Gasteiger partial charge in [-0.3, -0.25) is 9.59 Å². The van der Waals surface area contributed by atoms with Gasteiger partial charge in [-0.1, -0.05) is 0 Å². The Morgan fingerprint density at radius 2 is 1.70 bits per heavy atom. The van der Waals surface area contributed by atoms with Crippen LogP contribution in [0.2, 0.25) is 0 Å². The van der Waals surface area contributed by atoms with Crippen LogP contribution in [0.3, 0.4) is 0 Å². The molecule has 0 saturated carbocycles. The molecule has 0 aliphatic heterocycles. The number of halogens is 1. The molecule has 0 aliphatic carbocycles. The van der Waals surface area contributed by atoms with Gasteiger partial charge in [-0.05, 0) is 48.5 Å². The molecular formula is C17H16FNO3S. The summed E-state index contributed by atoms with van der Waals surface area (Å²) in [6.07, 6.45) is 0. The largest absolute Gasteiger partial charge is 0.497 e. The molecule has 2 rings (SSSR count). The molecule has 6 heteroatoms. The van der Waals surface area contributed by atoms with E-state index in [4.69, 9.17) is 4.74 Å². The summed E-state index contributed by atoms with van der Waals surface area (Å²) in [5, 5.41) is 2.74. The third-order valence-electron chi connectivity index (χ3n) is 3.01. The smallest absolute Gasteiger partial charge is 0.234 e. The van der Waals surface area contributed by atoms with Crippen LogP contribution < -0.4 is 10.1 Å². The molecule has 0 heterocycles. The highest BCUT2D eigenvalue weighted by molar-refractivity contribution is 8.00. The summed E-state index contributed by atoms with van der Waals surface area (Å²) in [6, 6.07) is 12.4. The number of carbonyl (C=O) groups excluding carboxylic acids is 2. The van der Waals surface area contributed by atoms with Gasteiger partial charge in [0, 0.05) is 11.3 Å². The van der Waals surface area contributed by atoms with Crippen molar-refractivity contribution in [1.82, 2.24) is 0 Å². The van der Waals surface area contributed by atoms with E-state index in [2.05, 4.69) is 5.32 Å². The molecule has 0 spiro atoms. The van der Waals surface area contributed by atoms with Gasteiger partial charge < -0.3 is 10.1 Å². The van der Waals surface area contributed by atoms with Gasteiger partial charge in [-0.15, -0.1) is 11.8 Å². The minimum absolute atomic E-state index is 0.132. The Kier molecular flexibility index (Phi) is 6.17. The lowest BCUT2D eigenvalue weighted by molar-refractivity contribution is -0.113. The van der Waals surface area contributed by atoms with Gasteiger partial charge in [0.1, 0.15) is 11.6 Å². The maximum absolute atomic E-state index is 12.8. The van der Waals surface area contributed by atoms with Gasteiger partial charge >= 0.3 is 0 Å². The van der Waals surface area contributed by atoms with Gasteiger partial charge in [0.25, 0.3) is 0 Å². The van der Waals surface area contributed by atoms with Crippen LogP contribution in [0.15, 0.2) is 48.5 Å². The van der Waals surface area contributed by atoms with Crippen LogP contribution >= 0.6 is 11.8 Å². The number of anilines is 1. The van der Waals surface area contributed by atoms with Crippen molar-refractivity contribution in [2.75, 3.05) is 23.9 Å². The number of hydrogen-bond donors (Lipinski definition) is 1. The normalized spacial score (nSPS) is 10.2. The minimum Gasteiger partial charge on any atom is -0.497 e. The molecule has 0 radical (unpaired) electrons. The van der Waals surface area contributed by atoms with E-state index in [1.54, 1.807) is 31.4 Å². The summed E-state index contributed by atoms with van der Waals surface area (Å²) in [7, 11) is 1.57. The summed E-state index contributed by atoms with van der Waals surface area (Å²) in [5.41, 5.74) is 1.11. The summed E-state index contributed by atoms with van der Waals surface area (Å²) in [5.74, 6) is 0.343. The zero-order chi connectivity index (χ0) is 16.7. The second-order valence-corrected chi connectivity index (χ2v) is 5.69. The second-order valence-electron chi connectivity index (χ2n) is 4.70. The molecule has 1 N–H and O–H groups in total. The third-order valence-corrected chi connectivity index (χ3v) is 3.94. The fourth-order valence-corrected chi connectivity index (χ4v) is 2.54. The predicted molar refractivity (Wildman–Crippen MR) is 89.7 cm³/mol. The number of methoxy groups -OCH3 is 1. The maximum atomic E-state index is 12.8. The Bertz CT molecular complexity index is 671. The first-order valence-electron chi connectivity index (χ1n) is 6.89. The number of Topliss-reactive ketones (excluding diaryl/α,β-unsaturated/α-hetero) is 1. The number of hydrogen-bond acceptors (Lipinski definition) is 4. The van der Waals surface area contributed by atoms with Crippen molar-refractivity contribution in [2.24, 2.45) is 0 Å². The predicted octanol–water partition coefficient (Wildman–Crippen LogP) is 3.39. The van der Waals surface area contributed by atoms with E-state index < -0.39 is 0 Å². The monoisotopic (exact) mass is 333 g/mol. The van der Waals surface area contributed by atoms with E-state index >= 15 is 0 Å². The van der Waals surface area contributed by atoms with Gasteiger partial charge in [-0.25, -0.2) is 4.39 Å². The van der Waals surface area contributed by atoms with E-state index in [1.165, 1.54) is 36.0 Å². The zero-order valence-corrected chi connectivity index (χ0v) is 13.4. The van der Waals surface area contributed by atoms with E-state index in [9.17, 15) is 14.0 Å². The molecule has 0 aliphatic rings. The maximum Gasteiger partial charge on any atom is 0.234 e. The minimum atomic E-state index is -0.381. The highest BCUT2D eigenvalue weighted by Gasteiger charge is 2.08. The Balaban J connectivity index is 1.75. The fourth-order valence-electron chi connectivity index (χ4n) is 1.83. The molecule has 2 aromatic carbocycles. The standard InChI is InChI=1S/C17H16FNO3S/c1-22-15-8-6-14(7-9-15)19-17(21)11-23-10-16(20)12-2-4-13(18)5-3-12/h2-9H,10-11H2,1H3,(H,19,21). The average Bonchev–Trinajstić information content (AvgIpc) is 2.56. The van der Waals surface area contributed by atoms with Crippen molar-refractivity contribution in [1.29, 1.82) is 0 Å². The first-order chi connectivity index (χ1) is 11.1. The molecule has 4 nitrogen and oxygen atoms in total. The summed E-state index contributed by atoms with van der Waals surface area (Å²) >= 11 is 1.22. The molecule has 0 saturated heterocycles. The molecular weight excluding hydrogens is 317 g/mol. The second kappa shape index (κ2) is 8.33. The van der Waals surface area contributed by atoms with Crippen molar-refractivity contribution in [3.8, 4) is 5.75 Å². The van der Waals surface area contributed by atoms with Crippen LogP contribution in [0.25, 0.3) is 0 Å². The van der Waals surface area contributed by atoms with Crippen LogP contribution in [0.4, 0.5) is 10.1 Å². The SMILES string of the molecule is COc1ccc(NC(=O)CSCC(=O)c2ccc(F)cc2)cc1. The number of amides is 1. The fraction of sp³-hybridized carbons (Fsp3) is 0.176. The molecule has 2 aromatic rings. The first kappa shape index (κ1) is 17.0. The lowest BCUT2D eigenvalue weighted by Crippen LogP contribution is -2.15. The molecule has 0 aromatic heterocycles. The number of benzene rings is 2. The lowest BCUT2D eigenvalue weighted by Gasteiger charge is -2.06. The summed E-state index contributed by atoms with van der Waals surface area (Å²) < 4.78 is 17.8. The molecule has 0 atom stereocenters. The Labute approximate surface area is 138 Å². The van der Waals surface area contributed by atoms with E-state index in [1.807, 2.05) is 0 Å². The van der Waals surface area contributed by atoms with Crippen molar-refractivity contribution in [3.63, 3.8) is 0 Å². The number of thioether (sulfide) groups is 1. The number of ketones is 1. The van der Waals surface area contributed by atoms with Crippen LogP contribution in [0.1, 0.15) is 10.4 Å². The first-order valence-corrected chi connectivity index (χ1v) is 8.04.